The van der Waals surface area contributed by atoms with Crippen LogP contribution in [0.15, 0.2) is 0 Å². The molecule has 0 aromatic rings. The molecule has 4 rings (SSSR count). The van der Waals surface area contributed by atoms with Crippen LogP contribution in [0.4, 0.5) is 0 Å². The first-order valence-electron chi connectivity index (χ1n) is 14.0. The Balaban J connectivity index is 1.43. The van der Waals surface area contributed by atoms with E-state index < -0.39 is 20.6 Å². The van der Waals surface area contributed by atoms with Crippen LogP contribution in [0.25, 0.3) is 0 Å². The Morgan fingerprint density at radius 1 is 1.06 bits per heavy atom. The molecule has 0 saturated heterocycles. The predicted molar refractivity (Wildman–Crippen MR) is 135 cm³/mol. The highest BCUT2D eigenvalue weighted by Crippen LogP contribution is 2.68. The van der Waals surface area contributed by atoms with Crippen LogP contribution >= 0.6 is 7.82 Å². The summed E-state index contributed by atoms with van der Waals surface area (Å²) >= 11 is 0. The first kappa shape index (κ1) is 28.5. The van der Waals surface area contributed by atoms with E-state index in [1.165, 1.54) is 25.7 Å². The number of hydrogen-bond acceptors (Lipinski definition) is 6. The summed E-state index contributed by atoms with van der Waals surface area (Å²) in [7, 11) is -4.64. The van der Waals surface area contributed by atoms with E-state index in [4.69, 9.17) is 19.3 Å². The van der Waals surface area contributed by atoms with Crippen molar-refractivity contribution in [1.82, 2.24) is 0 Å². The highest BCUT2D eigenvalue weighted by molar-refractivity contribution is 7.46. The molecule has 10 unspecified atom stereocenters. The summed E-state index contributed by atoms with van der Waals surface area (Å²) in [6.07, 6.45) is 9.85. The van der Waals surface area contributed by atoms with E-state index in [0.717, 1.165) is 32.3 Å². The molecule has 208 valence electrons. The van der Waals surface area contributed by atoms with Crippen LogP contribution in [-0.4, -0.2) is 46.5 Å². The highest BCUT2D eigenvalue weighted by atomic mass is 31.2. The van der Waals surface area contributed by atoms with E-state index in [0.29, 0.717) is 47.3 Å². The van der Waals surface area contributed by atoms with Gasteiger partial charge in [0, 0.05) is 13.0 Å². The molecule has 36 heavy (non-hydrogen) atoms. The molecule has 10 atom stereocenters. The van der Waals surface area contributed by atoms with Gasteiger partial charge in [-0.25, -0.2) is 9.09 Å². The van der Waals surface area contributed by atoms with E-state index in [1.807, 2.05) is 0 Å². The third-order valence-corrected chi connectivity index (χ3v) is 11.5. The molecule has 8 nitrogen and oxygen atoms in total. The Kier molecular flexibility index (Phi) is 8.66. The van der Waals surface area contributed by atoms with Gasteiger partial charge in [-0.1, -0.05) is 20.8 Å². The molecule has 0 spiro atoms. The molecule has 3 N–H and O–H groups in total. The minimum absolute atomic E-state index is 0.164. The van der Waals surface area contributed by atoms with Gasteiger partial charge >= 0.3 is 13.8 Å². The van der Waals surface area contributed by atoms with Gasteiger partial charge in [-0.2, -0.15) is 0 Å². The van der Waals surface area contributed by atoms with Gasteiger partial charge in [-0.05, 0) is 111 Å². The fourth-order valence-corrected chi connectivity index (χ4v) is 9.51. The number of fused-ring (bicyclic) bond motifs is 5. The second-order valence-electron chi connectivity index (χ2n) is 12.6. The molecule has 4 saturated carbocycles. The van der Waals surface area contributed by atoms with Crippen molar-refractivity contribution in [2.75, 3.05) is 13.4 Å². The summed E-state index contributed by atoms with van der Waals surface area (Å²) in [5.74, 6) is 2.77. The average Bonchev–Trinajstić information content (AvgIpc) is 3.15. The molecule has 0 aromatic heterocycles. The normalized spacial score (nSPS) is 43.2. The topological polar surface area (TPSA) is 123 Å². The lowest BCUT2D eigenvalue weighted by atomic mass is 9.43. The van der Waals surface area contributed by atoms with Crippen LogP contribution in [0.5, 0.6) is 0 Å². The molecule has 4 aliphatic rings. The number of ether oxygens (including phenoxy) is 2. The van der Waals surface area contributed by atoms with Gasteiger partial charge in [0.1, 0.15) is 0 Å². The van der Waals surface area contributed by atoms with E-state index in [9.17, 15) is 14.5 Å². The Bertz CT molecular complexity index is 831. The Morgan fingerprint density at radius 3 is 2.44 bits per heavy atom. The van der Waals surface area contributed by atoms with Gasteiger partial charge in [-0.15, -0.1) is 0 Å². The summed E-state index contributed by atoms with van der Waals surface area (Å²) < 4.78 is 26.3. The quantitative estimate of drug-likeness (QED) is 0.215. The maximum atomic E-state index is 12.1. The van der Waals surface area contributed by atoms with E-state index in [-0.39, 0.29) is 24.0 Å². The lowest BCUT2D eigenvalue weighted by molar-refractivity contribution is -0.187. The van der Waals surface area contributed by atoms with Crippen LogP contribution in [0.2, 0.25) is 0 Å². The fraction of sp³-hybridized carbons (Fsp3) is 0.963. The van der Waals surface area contributed by atoms with Gasteiger partial charge in [0.25, 0.3) is 0 Å². The van der Waals surface area contributed by atoms with Crippen molar-refractivity contribution < 1.29 is 38.3 Å². The lowest BCUT2D eigenvalue weighted by Crippen LogP contribution is -2.59. The number of esters is 1. The Hall–Kier alpha value is -0.500. The average molecular weight is 531 g/mol. The monoisotopic (exact) mass is 530 g/mol. The second-order valence-corrected chi connectivity index (χ2v) is 13.9. The van der Waals surface area contributed by atoms with Crippen LogP contribution in [0.1, 0.15) is 91.9 Å². The molecule has 4 aliphatic carbocycles. The van der Waals surface area contributed by atoms with Gasteiger partial charge in [-0.3, -0.25) is 4.79 Å². The molecule has 0 radical (unpaired) electrons. The standard InChI is InChI=1S/C27H47O8P/c1-5-33-23-15-18-14-19(28)10-12-26(18,3)22-11-13-27(4)20(7-8-21(27)25(22)23)17(2)6-9-24(29)34-16-35-36(30,31)32/h17-23,25,28H,5-16H2,1-4H3,(H2,30,31,32). The summed E-state index contributed by atoms with van der Waals surface area (Å²) in [6, 6.07) is 0. The third-order valence-electron chi connectivity index (χ3n) is 11.0. The summed E-state index contributed by atoms with van der Waals surface area (Å²) in [5, 5.41) is 10.4. The number of aliphatic hydroxyl groups excluding tert-OH is 1. The smallest absolute Gasteiger partial charge is 0.438 e. The number of phosphoric ester groups is 1. The number of phosphoric acid groups is 1. The van der Waals surface area contributed by atoms with E-state index in [2.05, 4.69) is 32.2 Å². The first-order valence-corrected chi connectivity index (χ1v) is 15.6. The molecule has 9 heteroatoms. The van der Waals surface area contributed by atoms with Gasteiger partial charge in [0.2, 0.25) is 6.79 Å². The minimum Gasteiger partial charge on any atom is -0.438 e. The zero-order chi connectivity index (χ0) is 26.3. The molecule has 0 aromatic carbocycles. The number of rotatable bonds is 9. The van der Waals surface area contributed by atoms with Gasteiger partial charge in [0.05, 0.1) is 12.2 Å². The SMILES string of the molecule is CCOC1CC2CC(O)CCC2(C)C2CCC3(C)C(C(C)CCC(=O)OCOP(=O)(O)O)CCC3C12. The molecule has 0 heterocycles. The predicted octanol–water partition coefficient (Wildman–Crippen LogP) is 5.05. The van der Waals surface area contributed by atoms with Crippen LogP contribution in [0.3, 0.4) is 0 Å². The minimum atomic E-state index is -4.64. The van der Waals surface area contributed by atoms with Crippen LogP contribution in [0, 0.1) is 46.3 Å². The largest absolute Gasteiger partial charge is 0.472 e. The lowest BCUT2D eigenvalue weighted by Gasteiger charge is -2.63. The Labute approximate surface area is 216 Å². The Morgan fingerprint density at radius 2 is 1.75 bits per heavy atom. The molecular weight excluding hydrogens is 483 g/mol. The van der Waals surface area contributed by atoms with Gasteiger partial charge in [0.15, 0.2) is 0 Å². The van der Waals surface area contributed by atoms with E-state index in [1.54, 1.807) is 0 Å². The van der Waals surface area contributed by atoms with Crippen molar-refractivity contribution in [2.45, 2.75) is 104 Å². The fourth-order valence-electron chi connectivity index (χ4n) is 9.32. The summed E-state index contributed by atoms with van der Waals surface area (Å²) in [4.78, 5) is 29.6. The molecule has 0 bridgehead atoms. The number of aliphatic hydroxyl groups is 1. The molecule has 4 fully saturated rings. The highest BCUT2D eigenvalue weighted by Gasteiger charge is 2.63. The third kappa shape index (κ3) is 5.60. The van der Waals surface area contributed by atoms with Crippen molar-refractivity contribution in [3.63, 3.8) is 0 Å². The van der Waals surface area contributed by atoms with Crippen LogP contribution in [-0.2, 0) is 23.4 Å². The second kappa shape index (κ2) is 10.9. The number of carbonyl (C=O) groups is 1. The number of carbonyl (C=O) groups excluding carboxylic acids is 1. The molecule has 0 aliphatic heterocycles. The zero-order valence-electron chi connectivity index (χ0n) is 22.4. The van der Waals surface area contributed by atoms with Crippen LogP contribution < -0.4 is 0 Å². The van der Waals surface area contributed by atoms with Crippen molar-refractivity contribution in [3.8, 4) is 0 Å². The first-order chi connectivity index (χ1) is 16.9. The van der Waals surface area contributed by atoms with Crippen molar-refractivity contribution in [2.24, 2.45) is 46.3 Å². The molecule has 0 amide bonds. The number of hydrogen-bond donors (Lipinski definition) is 3. The maximum absolute atomic E-state index is 12.1. The molecular formula is C27H47O8P. The summed E-state index contributed by atoms with van der Waals surface area (Å²) in [6.45, 7) is 9.34. The van der Waals surface area contributed by atoms with Gasteiger partial charge < -0.3 is 24.4 Å². The zero-order valence-corrected chi connectivity index (χ0v) is 23.3. The van der Waals surface area contributed by atoms with E-state index >= 15 is 0 Å². The van der Waals surface area contributed by atoms with Crippen molar-refractivity contribution in [1.29, 1.82) is 0 Å². The summed E-state index contributed by atoms with van der Waals surface area (Å²) in [5.41, 5.74) is 0.516. The van der Waals surface area contributed by atoms with Crippen molar-refractivity contribution in [3.05, 3.63) is 0 Å². The maximum Gasteiger partial charge on any atom is 0.472 e. The van der Waals surface area contributed by atoms with Crippen molar-refractivity contribution >= 4 is 13.8 Å².